The minimum Gasteiger partial charge on any atom is -0.493 e. The van der Waals surface area contributed by atoms with Crippen LogP contribution in [-0.4, -0.2) is 43.5 Å². The van der Waals surface area contributed by atoms with Crippen molar-refractivity contribution in [1.29, 1.82) is 0 Å². The van der Waals surface area contributed by atoms with Crippen LogP contribution in [0.1, 0.15) is 42.9 Å². The standard InChI is InChI=1S/C24H28N2O4/c1-15(2)16-5-7-19(8-6-16)26-23(27)13-20(24(26)28)25-10-9-17-11-21(29-3)22(30-4)12-18(17)14-25/h5-8,11-12,15,20H,9-10,13-14H2,1-4H3/t20-/m1/s1. The number of methoxy groups -OCH3 is 2. The number of nitrogens with zero attached hydrogens (tertiary/aromatic N) is 2. The number of hydrogen-bond acceptors (Lipinski definition) is 5. The number of carbonyl (C=O) groups excluding carboxylic acids is 2. The molecule has 2 amide bonds. The van der Waals surface area contributed by atoms with E-state index in [9.17, 15) is 9.59 Å². The van der Waals surface area contributed by atoms with Gasteiger partial charge in [-0.15, -0.1) is 0 Å². The Labute approximate surface area is 177 Å². The number of rotatable bonds is 5. The number of fused-ring (bicyclic) bond motifs is 1. The lowest BCUT2D eigenvalue weighted by Crippen LogP contribution is -2.44. The third kappa shape index (κ3) is 3.56. The number of ether oxygens (including phenoxy) is 2. The Hall–Kier alpha value is -2.86. The molecule has 0 spiro atoms. The maximum Gasteiger partial charge on any atom is 0.251 e. The molecular weight excluding hydrogens is 380 g/mol. The van der Waals surface area contributed by atoms with Crippen molar-refractivity contribution in [2.45, 2.75) is 45.2 Å². The molecule has 30 heavy (non-hydrogen) atoms. The predicted molar refractivity (Wildman–Crippen MR) is 115 cm³/mol. The second-order valence-corrected chi connectivity index (χ2v) is 8.23. The van der Waals surface area contributed by atoms with Crippen LogP contribution in [0.25, 0.3) is 0 Å². The smallest absolute Gasteiger partial charge is 0.251 e. The third-order valence-electron chi connectivity index (χ3n) is 6.13. The van der Waals surface area contributed by atoms with Gasteiger partial charge in [0.1, 0.15) is 0 Å². The zero-order valence-corrected chi connectivity index (χ0v) is 18.0. The van der Waals surface area contributed by atoms with Gasteiger partial charge in [-0.2, -0.15) is 0 Å². The minimum absolute atomic E-state index is 0.138. The first-order chi connectivity index (χ1) is 14.4. The Morgan fingerprint density at radius 3 is 2.20 bits per heavy atom. The summed E-state index contributed by atoms with van der Waals surface area (Å²) >= 11 is 0. The third-order valence-corrected chi connectivity index (χ3v) is 6.13. The molecule has 2 aliphatic heterocycles. The van der Waals surface area contributed by atoms with Crippen molar-refractivity contribution >= 4 is 17.5 Å². The summed E-state index contributed by atoms with van der Waals surface area (Å²) in [5, 5.41) is 0. The summed E-state index contributed by atoms with van der Waals surface area (Å²) in [5.74, 6) is 1.52. The molecule has 6 nitrogen and oxygen atoms in total. The van der Waals surface area contributed by atoms with Crippen LogP contribution in [0, 0.1) is 0 Å². The van der Waals surface area contributed by atoms with Crippen LogP contribution in [0.4, 0.5) is 5.69 Å². The lowest BCUT2D eigenvalue weighted by atomic mass is 9.97. The molecule has 0 bridgehead atoms. The van der Waals surface area contributed by atoms with Crippen LogP contribution in [-0.2, 0) is 22.6 Å². The van der Waals surface area contributed by atoms with E-state index in [0.717, 1.165) is 18.5 Å². The summed E-state index contributed by atoms with van der Waals surface area (Å²) in [6.07, 6.45) is 1.02. The molecule has 2 heterocycles. The molecule has 2 aliphatic rings. The maximum atomic E-state index is 13.2. The Kier molecular flexibility index (Phi) is 5.52. The SMILES string of the molecule is COc1cc2c(cc1OC)CN([C@@H]1CC(=O)N(c3ccc(C(C)C)cc3)C1=O)CC2. The summed E-state index contributed by atoms with van der Waals surface area (Å²) in [7, 11) is 3.25. The van der Waals surface area contributed by atoms with Crippen LogP contribution < -0.4 is 14.4 Å². The lowest BCUT2D eigenvalue weighted by Gasteiger charge is -2.32. The van der Waals surface area contributed by atoms with Crippen molar-refractivity contribution < 1.29 is 19.1 Å². The van der Waals surface area contributed by atoms with Crippen molar-refractivity contribution in [3.05, 3.63) is 53.1 Å². The first kappa shape index (κ1) is 20.4. The van der Waals surface area contributed by atoms with Gasteiger partial charge in [-0.1, -0.05) is 26.0 Å². The molecule has 0 N–H and O–H groups in total. The Bertz CT molecular complexity index is 968. The monoisotopic (exact) mass is 408 g/mol. The first-order valence-corrected chi connectivity index (χ1v) is 10.4. The van der Waals surface area contributed by atoms with Crippen molar-refractivity contribution in [3.63, 3.8) is 0 Å². The van der Waals surface area contributed by atoms with E-state index in [1.54, 1.807) is 14.2 Å². The van der Waals surface area contributed by atoms with E-state index in [4.69, 9.17) is 9.47 Å². The maximum absolute atomic E-state index is 13.2. The molecule has 1 fully saturated rings. The van der Waals surface area contributed by atoms with Gasteiger partial charge in [-0.05, 0) is 53.3 Å². The highest BCUT2D eigenvalue weighted by Gasteiger charge is 2.43. The summed E-state index contributed by atoms with van der Waals surface area (Å²) in [4.78, 5) is 29.4. The molecule has 0 aliphatic carbocycles. The van der Waals surface area contributed by atoms with E-state index < -0.39 is 6.04 Å². The number of imide groups is 1. The average molecular weight is 408 g/mol. The lowest BCUT2D eigenvalue weighted by molar-refractivity contribution is -0.123. The van der Waals surface area contributed by atoms with E-state index in [-0.39, 0.29) is 18.2 Å². The number of benzene rings is 2. The summed E-state index contributed by atoms with van der Waals surface area (Å²) < 4.78 is 10.8. The van der Waals surface area contributed by atoms with Gasteiger partial charge in [-0.3, -0.25) is 14.5 Å². The highest BCUT2D eigenvalue weighted by Crippen LogP contribution is 2.35. The van der Waals surface area contributed by atoms with Gasteiger partial charge in [0.2, 0.25) is 5.91 Å². The molecule has 1 saturated heterocycles. The quantitative estimate of drug-likeness (QED) is 0.709. The predicted octanol–water partition coefficient (Wildman–Crippen LogP) is 3.52. The van der Waals surface area contributed by atoms with E-state index in [0.29, 0.717) is 29.6 Å². The molecule has 158 valence electrons. The fraction of sp³-hybridized carbons (Fsp3) is 0.417. The zero-order valence-electron chi connectivity index (χ0n) is 18.0. The average Bonchev–Trinajstić information content (AvgIpc) is 3.06. The van der Waals surface area contributed by atoms with Gasteiger partial charge in [0.05, 0.1) is 32.4 Å². The van der Waals surface area contributed by atoms with Gasteiger partial charge in [-0.25, -0.2) is 4.90 Å². The molecule has 0 saturated carbocycles. The van der Waals surface area contributed by atoms with Crippen LogP contribution in [0.5, 0.6) is 11.5 Å². The molecule has 6 heteroatoms. The van der Waals surface area contributed by atoms with Crippen molar-refractivity contribution in [3.8, 4) is 11.5 Å². The van der Waals surface area contributed by atoms with Gasteiger partial charge < -0.3 is 9.47 Å². The second-order valence-electron chi connectivity index (χ2n) is 8.23. The van der Waals surface area contributed by atoms with Gasteiger partial charge in [0, 0.05) is 13.1 Å². The van der Waals surface area contributed by atoms with Crippen LogP contribution in [0.3, 0.4) is 0 Å². The fourth-order valence-electron chi connectivity index (χ4n) is 4.35. The summed E-state index contributed by atoms with van der Waals surface area (Å²) in [6.45, 7) is 5.58. The number of anilines is 1. The summed E-state index contributed by atoms with van der Waals surface area (Å²) in [5.41, 5.74) is 4.15. The molecule has 1 atom stereocenters. The van der Waals surface area contributed by atoms with Crippen LogP contribution in [0.2, 0.25) is 0 Å². The highest BCUT2D eigenvalue weighted by atomic mass is 16.5. The molecular formula is C24H28N2O4. The minimum atomic E-state index is -0.427. The van der Waals surface area contributed by atoms with Crippen LogP contribution >= 0.6 is 0 Å². The van der Waals surface area contributed by atoms with Gasteiger partial charge in [0.15, 0.2) is 11.5 Å². The van der Waals surface area contributed by atoms with Crippen molar-refractivity contribution in [2.24, 2.45) is 0 Å². The normalized spacial score (nSPS) is 19.4. The Morgan fingerprint density at radius 1 is 0.967 bits per heavy atom. The molecule has 4 rings (SSSR count). The first-order valence-electron chi connectivity index (χ1n) is 10.4. The molecule has 0 radical (unpaired) electrons. The van der Waals surface area contributed by atoms with E-state index >= 15 is 0 Å². The van der Waals surface area contributed by atoms with E-state index in [1.807, 2.05) is 36.4 Å². The topological polar surface area (TPSA) is 59.1 Å². The van der Waals surface area contributed by atoms with Gasteiger partial charge in [0.25, 0.3) is 5.91 Å². The highest BCUT2D eigenvalue weighted by molar-refractivity contribution is 6.22. The number of hydrogen-bond donors (Lipinski definition) is 0. The Morgan fingerprint density at radius 2 is 1.60 bits per heavy atom. The molecule has 2 aromatic carbocycles. The van der Waals surface area contributed by atoms with Crippen molar-refractivity contribution in [2.75, 3.05) is 25.7 Å². The van der Waals surface area contributed by atoms with Crippen LogP contribution in [0.15, 0.2) is 36.4 Å². The molecule has 0 aromatic heterocycles. The number of amides is 2. The Balaban J connectivity index is 1.54. The fourth-order valence-corrected chi connectivity index (χ4v) is 4.35. The zero-order chi connectivity index (χ0) is 21.4. The molecule has 0 unspecified atom stereocenters. The van der Waals surface area contributed by atoms with Crippen molar-refractivity contribution in [1.82, 2.24) is 4.90 Å². The second kappa shape index (κ2) is 8.11. The van der Waals surface area contributed by atoms with E-state index in [2.05, 4.69) is 18.7 Å². The summed E-state index contributed by atoms with van der Waals surface area (Å²) in [6, 6.07) is 11.3. The molecule has 2 aromatic rings. The van der Waals surface area contributed by atoms with E-state index in [1.165, 1.54) is 16.0 Å². The number of carbonyl (C=O) groups is 2. The van der Waals surface area contributed by atoms with Gasteiger partial charge >= 0.3 is 0 Å². The largest absolute Gasteiger partial charge is 0.493 e.